The minimum Gasteiger partial charge on any atom is -0.351 e. The number of amides is 1. The van der Waals surface area contributed by atoms with E-state index in [0.29, 0.717) is 12.1 Å². The molecule has 5 heteroatoms. The number of hydrogen-bond donors (Lipinski definition) is 1. The fourth-order valence-corrected chi connectivity index (χ4v) is 1.47. The Morgan fingerprint density at radius 2 is 2.12 bits per heavy atom. The Hall–Kier alpha value is -1.13. The van der Waals surface area contributed by atoms with E-state index in [2.05, 4.69) is 29.0 Å². The van der Waals surface area contributed by atoms with E-state index >= 15 is 0 Å². The van der Waals surface area contributed by atoms with E-state index in [0.717, 1.165) is 19.6 Å². The second-order valence-corrected chi connectivity index (χ2v) is 3.52. The van der Waals surface area contributed by atoms with Crippen molar-refractivity contribution in [2.45, 2.75) is 13.8 Å². The van der Waals surface area contributed by atoms with Crippen LogP contribution in [0.3, 0.4) is 0 Å². The van der Waals surface area contributed by atoms with Crippen molar-refractivity contribution in [3.63, 3.8) is 0 Å². The summed E-state index contributed by atoms with van der Waals surface area (Å²) in [6, 6.07) is 3.53. The van der Waals surface area contributed by atoms with Crippen LogP contribution in [-0.4, -0.2) is 42.0 Å². The quantitative estimate of drug-likeness (QED) is 0.842. The summed E-state index contributed by atoms with van der Waals surface area (Å²) in [5.74, 6) is -0.0553. The van der Waals surface area contributed by atoms with Gasteiger partial charge in [0, 0.05) is 25.5 Å². The van der Waals surface area contributed by atoms with Crippen molar-refractivity contribution in [1.29, 1.82) is 0 Å². The number of carbonyl (C=O) groups excluding carboxylic acids is 1. The van der Waals surface area contributed by atoms with E-state index < -0.39 is 0 Å². The Kier molecular flexibility index (Phi) is 8.36. The third kappa shape index (κ3) is 5.65. The van der Waals surface area contributed by atoms with Gasteiger partial charge in [-0.15, -0.1) is 12.4 Å². The van der Waals surface area contributed by atoms with Gasteiger partial charge in [0.15, 0.2) is 0 Å². The summed E-state index contributed by atoms with van der Waals surface area (Å²) < 4.78 is 0. The standard InChI is InChI=1S/C12H19N3O.ClH/c1-3-15(4-2)9-8-14-12(16)11-6-5-7-13-10-11;/h5-7,10H,3-4,8-9H2,1-2H3,(H,14,16);1H. The first-order chi connectivity index (χ1) is 7.77. The normalized spacial score (nSPS) is 9.82. The lowest BCUT2D eigenvalue weighted by Gasteiger charge is -2.17. The maximum Gasteiger partial charge on any atom is 0.252 e. The van der Waals surface area contributed by atoms with Gasteiger partial charge in [0.05, 0.1) is 5.56 Å². The fraction of sp³-hybridized carbons (Fsp3) is 0.500. The molecular formula is C12H20ClN3O. The molecule has 0 aliphatic rings. The van der Waals surface area contributed by atoms with Gasteiger partial charge in [0.1, 0.15) is 0 Å². The Bertz CT molecular complexity index is 315. The molecule has 0 saturated carbocycles. The van der Waals surface area contributed by atoms with E-state index in [9.17, 15) is 4.79 Å². The molecule has 0 fully saturated rings. The predicted octanol–water partition coefficient (Wildman–Crippen LogP) is 1.57. The van der Waals surface area contributed by atoms with E-state index in [1.165, 1.54) is 0 Å². The molecule has 0 aromatic carbocycles. The smallest absolute Gasteiger partial charge is 0.252 e. The number of hydrogen-bond acceptors (Lipinski definition) is 3. The van der Waals surface area contributed by atoms with Crippen molar-refractivity contribution in [3.05, 3.63) is 30.1 Å². The van der Waals surface area contributed by atoms with Gasteiger partial charge in [0.25, 0.3) is 5.91 Å². The summed E-state index contributed by atoms with van der Waals surface area (Å²) in [7, 11) is 0. The van der Waals surface area contributed by atoms with Gasteiger partial charge in [-0.3, -0.25) is 9.78 Å². The van der Waals surface area contributed by atoms with Crippen molar-refractivity contribution in [1.82, 2.24) is 15.2 Å². The first-order valence-electron chi connectivity index (χ1n) is 5.68. The Morgan fingerprint density at radius 1 is 1.41 bits per heavy atom. The maximum absolute atomic E-state index is 11.6. The van der Waals surface area contributed by atoms with Crippen LogP contribution in [0.4, 0.5) is 0 Å². The molecule has 96 valence electrons. The van der Waals surface area contributed by atoms with Crippen LogP contribution >= 0.6 is 12.4 Å². The van der Waals surface area contributed by atoms with Crippen LogP contribution in [0.25, 0.3) is 0 Å². The van der Waals surface area contributed by atoms with Crippen LogP contribution in [0.1, 0.15) is 24.2 Å². The molecule has 4 nitrogen and oxygen atoms in total. The van der Waals surface area contributed by atoms with E-state index in [1.807, 2.05) is 0 Å². The van der Waals surface area contributed by atoms with Crippen LogP contribution in [0.2, 0.25) is 0 Å². The molecule has 1 N–H and O–H groups in total. The molecule has 0 unspecified atom stereocenters. The number of likely N-dealkylation sites (N-methyl/N-ethyl adjacent to an activating group) is 1. The van der Waals surface area contributed by atoms with Crippen molar-refractivity contribution >= 4 is 18.3 Å². The average Bonchev–Trinajstić information content (AvgIpc) is 2.35. The zero-order valence-electron chi connectivity index (χ0n) is 10.3. The fourth-order valence-electron chi connectivity index (χ4n) is 1.47. The zero-order valence-corrected chi connectivity index (χ0v) is 11.2. The summed E-state index contributed by atoms with van der Waals surface area (Å²) in [6.07, 6.45) is 3.24. The van der Waals surface area contributed by atoms with Crippen molar-refractivity contribution in [2.24, 2.45) is 0 Å². The maximum atomic E-state index is 11.6. The number of carbonyl (C=O) groups is 1. The van der Waals surface area contributed by atoms with Gasteiger partial charge in [-0.25, -0.2) is 0 Å². The lowest BCUT2D eigenvalue weighted by Crippen LogP contribution is -2.34. The third-order valence-electron chi connectivity index (χ3n) is 2.53. The Balaban J connectivity index is 0.00000256. The van der Waals surface area contributed by atoms with E-state index in [1.54, 1.807) is 24.5 Å². The van der Waals surface area contributed by atoms with Gasteiger partial charge in [-0.05, 0) is 25.2 Å². The van der Waals surface area contributed by atoms with Crippen LogP contribution < -0.4 is 5.32 Å². The minimum absolute atomic E-state index is 0. The molecular weight excluding hydrogens is 238 g/mol. The van der Waals surface area contributed by atoms with Gasteiger partial charge >= 0.3 is 0 Å². The number of halogens is 1. The van der Waals surface area contributed by atoms with Crippen molar-refractivity contribution in [2.75, 3.05) is 26.2 Å². The Morgan fingerprint density at radius 3 is 2.65 bits per heavy atom. The molecule has 17 heavy (non-hydrogen) atoms. The highest BCUT2D eigenvalue weighted by Gasteiger charge is 2.04. The summed E-state index contributed by atoms with van der Waals surface area (Å²) >= 11 is 0. The highest BCUT2D eigenvalue weighted by molar-refractivity contribution is 5.93. The molecule has 1 rings (SSSR count). The van der Waals surface area contributed by atoms with E-state index in [4.69, 9.17) is 0 Å². The highest BCUT2D eigenvalue weighted by atomic mass is 35.5. The molecule has 0 atom stereocenters. The molecule has 0 bridgehead atoms. The van der Waals surface area contributed by atoms with Crippen LogP contribution in [-0.2, 0) is 0 Å². The number of aromatic nitrogens is 1. The SMILES string of the molecule is CCN(CC)CCNC(=O)c1cccnc1.Cl. The van der Waals surface area contributed by atoms with Crippen molar-refractivity contribution < 1.29 is 4.79 Å². The topological polar surface area (TPSA) is 45.2 Å². The monoisotopic (exact) mass is 257 g/mol. The lowest BCUT2D eigenvalue weighted by molar-refractivity contribution is 0.0948. The summed E-state index contributed by atoms with van der Waals surface area (Å²) in [5, 5.41) is 2.88. The van der Waals surface area contributed by atoms with Gasteiger partial charge < -0.3 is 10.2 Å². The second-order valence-electron chi connectivity index (χ2n) is 3.52. The van der Waals surface area contributed by atoms with Crippen LogP contribution in [0.15, 0.2) is 24.5 Å². The molecule has 1 heterocycles. The molecule has 0 radical (unpaired) electrons. The molecule has 0 aliphatic carbocycles. The molecule has 0 spiro atoms. The van der Waals surface area contributed by atoms with Gasteiger partial charge in [0.2, 0.25) is 0 Å². The third-order valence-corrected chi connectivity index (χ3v) is 2.53. The minimum atomic E-state index is -0.0553. The molecule has 0 saturated heterocycles. The van der Waals surface area contributed by atoms with Gasteiger partial charge in [-0.1, -0.05) is 13.8 Å². The lowest BCUT2D eigenvalue weighted by atomic mass is 10.3. The van der Waals surface area contributed by atoms with Crippen molar-refractivity contribution in [3.8, 4) is 0 Å². The second kappa shape index (κ2) is 8.96. The zero-order chi connectivity index (χ0) is 11.8. The molecule has 1 amide bonds. The number of nitrogens with zero attached hydrogens (tertiary/aromatic N) is 2. The molecule has 0 aliphatic heterocycles. The van der Waals surface area contributed by atoms with Crippen LogP contribution in [0.5, 0.6) is 0 Å². The summed E-state index contributed by atoms with van der Waals surface area (Å²) in [6.45, 7) is 7.83. The molecule has 1 aromatic heterocycles. The first-order valence-corrected chi connectivity index (χ1v) is 5.68. The predicted molar refractivity (Wildman–Crippen MR) is 71.6 cm³/mol. The highest BCUT2D eigenvalue weighted by Crippen LogP contribution is 1.94. The first kappa shape index (κ1) is 15.9. The summed E-state index contributed by atoms with van der Waals surface area (Å²) in [5.41, 5.74) is 0.613. The number of pyridine rings is 1. The Labute approximate surface area is 109 Å². The van der Waals surface area contributed by atoms with Gasteiger partial charge in [-0.2, -0.15) is 0 Å². The largest absolute Gasteiger partial charge is 0.351 e. The van der Waals surface area contributed by atoms with Crippen LogP contribution in [0, 0.1) is 0 Å². The molecule has 1 aromatic rings. The summed E-state index contributed by atoms with van der Waals surface area (Å²) in [4.78, 5) is 17.8. The van der Waals surface area contributed by atoms with E-state index in [-0.39, 0.29) is 18.3 Å². The number of rotatable bonds is 6. The number of nitrogens with one attached hydrogen (secondary N) is 1. The average molecular weight is 258 g/mol.